The van der Waals surface area contributed by atoms with Crippen LogP contribution in [0.25, 0.3) is 0 Å². The molecule has 3 aliphatic rings. The van der Waals surface area contributed by atoms with Crippen LogP contribution in [-0.2, 0) is 21.4 Å². The molecule has 5 rings (SSSR count). The van der Waals surface area contributed by atoms with Crippen LogP contribution in [0.4, 0.5) is 0 Å². The Morgan fingerprint density at radius 2 is 1.85 bits per heavy atom. The molecule has 2 aliphatic heterocycles. The number of rotatable bonds is 7. The standard InChI is InChI=1S/C27H35N3O4/c1-2-6-21-17-23(29-34-21)25(32)30-13-9-26(10-14-30)18-22(26)24(31)28-19-27(11-15-33-16-12-27)20-7-4-3-5-8-20/h3-5,7-8,17,22H,2,6,9-16,18-19H2,1H3,(H,28,31)/t22-/m0/s1. The maximum atomic E-state index is 13.2. The SMILES string of the molecule is CCCc1cc(C(=O)N2CCC3(CC2)C[C@H]3C(=O)NCC2(c3ccccc3)CCOCC2)no1. The van der Waals surface area contributed by atoms with Crippen molar-refractivity contribution >= 4 is 11.8 Å². The van der Waals surface area contributed by atoms with E-state index in [1.807, 2.05) is 11.0 Å². The van der Waals surface area contributed by atoms with Crippen LogP contribution < -0.4 is 5.32 Å². The van der Waals surface area contributed by atoms with Gasteiger partial charge >= 0.3 is 0 Å². The van der Waals surface area contributed by atoms with Crippen LogP contribution in [0.2, 0.25) is 0 Å². The number of aryl methyl sites for hydroxylation is 1. The van der Waals surface area contributed by atoms with Crippen molar-refractivity contribution in [2.45, 2.75) is 57.3 Å². The summed E-state index contributed by atoms with van der Waals surface area (Å²) in [5.41, 5.74) is 1.67. The maximum Gasteiger partial charge on any atom is 0.276 e. The molecule has 7 nitrogen and oxygen atoms in total. The van der Waals surface area contributed by atoms with E-state index in [0.29, 0.717) is 25.3 Å². The minimum absolute atomic E-state index is 0.0493. The minimum atomic E-state index is -0.0630. The lowest BCUT2D eigenvalue weighted by Gasteiger charge is -2.38. The summed E-state index contributed by atoms with van der Waals surface area (Å²) >= 11 is 0. The molecule has 3 heterocycles. The molecule has 1 aromatic carbocycles. The number of carbonyl (C=O) groups is 2. The van der Waals surface area contributed by atoms with Crippen molar-refractivity contribution in [2.24, 2.45) is 11.3 Å². The monoisotopic (exact) mass is 465 g/mol. The predicted molar refractivity (Wildman–Crippen MR) is 127 cm³/mol. The Bertz CT molecular complexity index is 1000. The molecule has 1 saturated carbocycles. The number of piperidine rings is 1. The number of ether oxygens (including phenoxy) is 1. The summed E-state index contributed by atoms with van der Waals surface area (Å²) in [6.45, 7) is 5.53. The van der Waals surface area contributed by atoms with E-state index in [4.69, 9.17) is 9.26 Å². The quantitative estimate of drug-likeness (QED) is 0.674. The summed E-state index contributed by atoms with van der Waals surface area (Å²) in [5, 5.41) is 7.27. The molecular weight excluding hydrogens is 430 g/mol. The van der Waals surface area contributed by atoms with E-state index >= 15 is 0 Å². The van der Waals surface area contributed by atoms with E-state index < -0.39 is 0 Å². The average Bonchev–Trinajstić information content (AvgIpc) is 3.37. The minimum Gasteiger partial charge on any atom is -0.381 e. The Hall–Kier alpha value is -2.67. The van der Waals surface area contributed by atoms with E-state index in [-0.39, 0.29) is 28.6 Å². The van der Waals surface area contributed by atoms with Crippen molar-refractivity contribution in [3.63, 3.8) is 0 Å². The Labute approximate surface area is 201 Å². The zero-order valence-electron chi connectivity index (χ0n) is 20.1. The van der Waals surface area contributed by atoms with Gasteiger partial charge in [-0.1, -0.05) is 42.4 Å². The fourth-order valence-corrected chi connectivity index (χ4v) is 5.87. The van der Waals surface area contributed by atoms with Gasteiger partial charge in [-0.05, 0) is 49.5 Å². The summed E-state index contributed by atoms with van der Waals surface area (Å²) in [6.07, 6.45) is 6.26. The Kier molecular flexibility index (Phi) is 6.47. The highest BCUT2D eigenvalue weighted by Gasteiger charge is 2.59. The summed E-state index contributed by atoms with van der Waals surface area (Å²) in [6, 6.07) is 12.3. The topological polar surface area (TPSA) is 84.7 Å². The number of aromatic nitrogens is 1. The lowest BCUT2D eigenvalue weighted by Crippen LogP contribution is -2.46. The van der Waals surface area contributed by atoms with E-state index in [0.717, 1.165) is 63.9 Å². The fourth-order valence-electron chi connectivity index (χ4n) is 5.87. The molecule has 0 unspecified atom stereocenters. The summed E-state index contributed by atoms with van der Waals surface area (Å²) in [5.74, 6) is 0.922. The number of nitrogens with zero attached hydrogens (tertiary/aromatic N) is 2. The molecule has 182 valence electrons. The van der Waals surface area contributed by atoms with Crippen molar-refractivity contribution in [3.05, 3.63) is 53.4 Å². The van der Waals surface area contributed by atoms with Gasteiger partial charge in [-0.2, -0.15) is 0 Å². The van der Waals surface area contributed by atoms with E-state index in [2.05, 4.69) is 41.7 Å². The van der Waals surface area contributed by atoms with Crippen molar-refractivity contribution < 1.29 is 18.8 Å². The van der Waals surface area contributed by atoms with Gasteiger partial charge in [0.05, 0.1) is 0 Å². The molecule has 0 radical (unpaired) electrons. The highest BCUT2D eigenvalue weighted by atomic mass is 16.5. The van der Waals surface area contributed by atoms with Gasteiger partial charge in [0.25, 0.3) is 5.91 Å². The van der Waals surface area contributed by atoms with Crippen LogP contribution >= 0.6 is 0 Å². The Balaban J connectivity index is 1.15. The molecule has 1 spiro atoms. The van der Waals surface area contributed by atoms with Gasteiger partial charge in [0.15, 0.2) is 5.69 Å². The van der Waals surface area contributed by atoms with Gasteiger partial charge in [0.1, 0.15) is 5.76 Å². The summed E-state index contributed by atoms with van der Waals surface area (Å²) in [7, 11) is 0. The number of amides is 2. The van der Waals surface area contributed by atoms with Gasteiger partial charge in [-0.3, -0.25) is 9.59 Å². The fraction of sp³-hybridized carbons (Fsp3) is 0.593. The third-order valence-corrected chi connectivity index (χ3v) is 8.26. The second kappa shape index (κ2) is 9.53. The Morgan fingerprint density at radius 3 is 2.56 bits per heavy atom. The molecule has 2 saturated heterocycles. The molecule has 2 amide bonds. The zero-order valence-corrected chi connectivity index (χ0v) is 20.1. The van der Waals surface area contributed by atoms with Crippen LogP contribution in [-0.4, -0.2) is 54.7 Å². The van der Waals surface area contributed by atoms with Crippen molar-refractivity contribution in [2.75, 3.05) is 32.8 Å². The first-order chi connectivity index (χ1) is 16.6. The second-order valence-corrected chi connectivity index (χ2v) is 10.3. The highest BCUT2D eigenvalue weighted by molar-refractivity contribution is 5.92. The first-order valence-corrected chi connectivity index (χ1v) is 12.7. The first kappa shape index (κ1) is 23.1. The number of nitrogens with one attached hydrogen (secondary N) is 1. The number of likely N-dealkylation sites (tertiary alicyclic amines) is 1. The maximum absolute atomic E-state index is 13.2. The Morgan fingerprint density at radius 1 is 1.12 bits per heavy atom. The third-order valence-electron chi connectivity index (χ3n) is 8.26. The average molecular weight is 466 g/mol. The van der Waals surface area contributed by atoms with Crippen molar-refractivity contribution in [1.82, 2.24) is 15.4 Å². The zero-order chi connectivity index (χ0) is 23.6. The largest absolute Gasteiger partial charge is 0.381 e. The van der Waals surface area contributed by atoms with Gasteiger partial charge in [0, 0.05) is 56.7 Å². The molecule has 7 heteroatoms. The number of carbonyl (C=O) groups excluding carboxylic acids is 2. The van der Waals surface area contributed by atoms with Crippen molar-refractivity contribution in [3.8, 4) is 0 Å². The van der Waals surface area contributed by atoms with Gasteiger partial charge in [-0.25, -0.2) is 0 Å². The van der Waals surface area contributed by atoms with E-state index in [9.17, 15) is 9.59 Å². The highest BCUT2D eigenvalue weighted by Crippen LogP contribution is 2.59. The molecular formula is C27H35N3O4. The molecule has 3 fully saturated rings. The number of hydrogen-bond donors (Lipinski definition) is 1. The van der Waals surface area contributed by atoms with Crippen LogP contribution in [0.3, 0.4) is 0 Å². The smallest absolute Gasteiger partial charge is 0.276 e. The van der Waals surface area contributed by atoms with E-state index in [1.54, 1.807) is 6.07 Å². The predicted octanol–water partition coefficient (Wildman–Crippen LogP) is 3.73. The summed E-state index contributed by atoms with van der Waals surface area (Å²) < 4.78 is 10.9. The lowest BCUT2D eigenvalue weighted by molar-refractivity contribution is -0.123. The summed E-state index contributed by atoms with van der Waals surface area (Å²) in [4.78, 5) is 27.8. The molecule has 2 aromatic rings. The van der Waals surface area contributed by atoms with E-state index in [1.165, 1.54) is 5.56 Å². The molecule has 1 aromatic heterocycles. The van der Waals surface area contributed by atoms with Gasteiger partial charge in [0.2, 0.25) is 5.91 Å². The molecule has 1 aliphatic carbocycles. The molecule has 1 N–H and O–H groups in total. The normalized spacial score (nSPS) is 23.0. The third kappa shape index (κ3) is 4.50. The molecule has 1 atom stereocenters. The number of hydrogen-bond acceptors (Lipinski definition) is 5. The van der Waals surface area contributed by atoms with Crippen LogP contribution in [0, 0.1) is 11.3 Å². The van der Waals surface area contributed by atoms with Gasteiger partial charge < -0.3 is 19.5 Å². The van der Waals surface area contributed by atoms with Crippen LogP contribution in [0.5, 0.6) is 0 Å². The first-order valence-electron chi connectivity index (χ1n) is 12.7. The number of benzene rings is 1. The van der Waals surface area contributed by atoms with Crippen LogP contribution in [0.1, 0.15) is 67.3 Å². The van der Waals surface area contributed by atoms with Crippen LogP contribution in [0.15, 0.2) is 40.9 Å². The lowest BCUT2D eigenvalue weighted by atomic mass is 9.74. The van der Waals surface area contributed by atoms with Crippen molar-refractivity contribution in [1.29, 1.82) is 0 Å². The second-order valence-electron chi connectivity index (χ2n) is 10.3. The molecule has 34 heavy (non-hydrogen) atoms. The van der Waals surface area contributed by atoms with Gasteiger partial charge in [-0.15, -0.1) is 0 Å². The molecule has 0 bridgehead atoms.